The molecule has 0 aliphatic heterocycles. The molecule has 0 saturated heterocycles. The molecule has 28 heavy (non-hydrogen) atoms. The summed E-state index contributed by atoms with van der Waals surface area (Å²) in [6.45, 7) is 0. The summed E-state index contributed by atoms with van der Waals surface area (Å²) in [5.41, 5.74) is 3.00. The van der Waals surface area contributed by atoms with Gasteiger partial charge in [0.1, 0.15) is 5.82 Å². The second kappa shape index (κ2) is 6.46. The van der Waals surface area contributed by atoms with Gasteiger partial charge in [-0.3, -0.25) is 0 Å². The quantitative estimate of drug-likeness (QED) is 0.491. The van der Waals surface area contributed by atoms with Crippen LogP contribution in [0.4, 0.5) is 16.0 Å². The van der Waals surface area contributed by atoms with Crippen LogP contribution in [0.25, 0.3) is 28.2 Å². The molecule has 0 unspecified atom stereocenters. The first-order chi connectivity index (χ1) is 13.8. The van der Waals surface area contributed by atoms with Crippen LogP contribution in [-0.2, 0) is 0 Å². The van der Waals surface area contributed by atoms with Crippen molar-refractivity contribution in [3.05, 3.63) is 60.5 Å². The monoisotopic (exact) mass is 374 g/mol. The van der Waals surface area contributed by atoms with E-state index in [1.165, 1.54) is 16.8 Å². The van der Waals surface area contributed by atoms with Crippen LogP contribution in [0.3, 0.4) is 0 Å². The minimum Gasteiger partial charge on any atom is -0.324 e. The Labute approximate surface area is 156 Å². The third-order valence-electron chi connectivity index (χ3n) is 3.97. The van der Waals surface area contributed by atoms with Gasteiger partial charge in [0.15, 0.2) is 11.2 Å². The second-order valence-corrected chi connectivity index (χ2v) is 5.82. The standard InChI is InChI=1S/C17H11FN10/c18-11-4-2-6-13(8-11)28-16-14(22-27-28)9-19-17(21-16)20-12-5-1-3-10(7-12)15-23-25-26-24-15/h1-9H,(H,19,20,21)(H,23,24,25,26). The van der Waals surface area contributed by atoms with Crippen LogP contribution in [0.1, 0.15) is 0 Å². The van der Waals surface area contributed by atoms with E-state index < -0.39 is 0 Å². The predicted molar refractivity (Wildman–Crippen MR) is 97.3 cm³/mol. The number of rotatable bonds is 4. The zero-order chi connectivity index (χ0) is 18.9. The predicted octanol–water partition coefficient (Wildman–Crippen LogP) is 2.27. The summed E-state index contributed by atoms with van der Waals surface area (Å²) in [7, 11) is 0. The average Bonchev–Trinajstić information content (AvgIpc) is 3.38. The van der Waals surface area contributed by atoms with Gasteiger partial charge in [0.2, 0.25) is 11.8 Å². The van der Waals surface area contributed by atoms with E-state index in [0.717, 1.165) is 11.3 Å². The van der Waals surface area contributed by atoms with E-state index in [1.54, 1.807) is 18.3 Å². The van der Waals surface area contributed by atoms with E-state index in [0.29, 0.717) is 28.6 Å². The number of aromatic nitrogens is 9. The van der Waals surface area contributed by atoms with Gasteiger partial charge < -0.3 is 5.32 Å². The SMILES string of the molecule is Fc1cccc(-n2nnc3cnc(Nc4cccc(-c5nn[nH]n5)c4)nc32)c1. The van der Waals surface area contributed by atoms with Gasteiger partial charge in [-0.1, -0.05) is 23.4 Å². The topological polar surface area (TPSA) is 123 Å². The summed E-state index contributed by atoms with van der Waals surface area (Å²) in [5.74, 6) is 0.456. The number of H-pyrrole nitrogens is 1. The third kappa shape index (κ3) is 2.90. The maximum Gasteiger partial charge on any atom is 0.229 e. The van der Waals surface area contributed by atoms with Crippen molar-refractivity contribution in [3.8, 4) is 17.1 Å². The first-order valence-electron chi connectivity index (χ1n) is 8.21. The van der Waals surface area contributed by atoms with E-state index in [2.05, 4.69) is 46.2 Å². The summed E-state index contributed by atoms with van der Waals surface area (Å²) < 4.78 is 15.0. The van der Waals surface area contributed by atoms with Crippen LogP contribution >= 0.6 is 0 Å². The highest BCUT2D eigenvalue weighted by molar-refractivity contribution is 5.73. The highest BCUT2D eigenvalue weighted by Gasteiger charge is 2.11. The molecule has 0 fully saturated rings. The lowest BCUT2D eigenvalue weighted by Gasteiger charge is -2.06. The first-order valence-corrected chi connectivity index (χ1v) is 8.21. The molecule has 0 bridgehead atoms. The molecular formula is C17H11FN10. The van der Waals surface area contributed by atoms with Crippen LogP contribution in [0.15, 0.2) is 54.7 Å². The van der Waals surface area contributed by atoms with Crippen molar-refractivity contribution in [1.29, 1.82) is 0 Å². The number of hydrogen-bond donors (Lipinski definition) is 2. The summed E-state index contributed by atoms with van der Waals surface area (Å²) in [4.78, 5) is 8.73. The number of hydrogen-bond acceptors (Lipinski definition) is 8. The average molecular weight is 374 g/mol. The van der Waals surface area contributed by atoms with Crippen LogP contribution < -0.4 is 5.32 Å². The Kier molecular flexibility index (Phi) is 3.68. The van der Waals surface area contributed by atoms with Crippen molar-refractivity contribution >= 4 is 22.8 Å². The number of benzene rings is 2. The number of halogens is 1. The molecule has 136 valence electrons. The molecule has 11 heteroatoms. The number of nitrogens with one attached hydrogen (secondary N) is 2. The van der Waals surface area contributed by atoms with Crippen LogP contribution in [0.2, 0.25) is 0 Å². The van der Waals surface area contributed by atoms with E-state index in [1.807, 2.05) is 24.3 Å². The fraction of sp³-hybridized carbons (Fsp3) is 0. The zero-order valence-corrected chi connectivity index (χ0v) is 14.2. The fourth-order valence-corrected chi connectivity index (χ4v) is 2.72. The van der Waals surface area contributed by atoms with Gasteiger partial charge >= 0.3 is 0 Å². The number of tetrazole rings is 1. The number of fused-ring (bicyclic) bond motifs is 1. The second-order valence-electron chi connectivity index (χ2n) is 5.82. The molecule has 0 radical (unpaired) electrons. The van der Waals surface area contributed by atoms with Crippen LogP contribution in [0, 0.1) is 5.82 Å². The van der Waals surface area contributed by atoms with E-state index >= 15 is 0 Å². The molecule has 0 amide bonds. The van der Waals surface area contributed by atoms with Gasteiger partial charge in [0.05, 0.1) is 11.9 Å². The fourth-order valence-electron chi connectivity index (χ4n) is 2.72. The summed E-state index contributed by atoms with van der Waals surface area (Å²) in [6, 6.07) is 13.5. The summed E-state index contributed by atoms with van der Waals surface area (Å²) in [6.07, 6.45) is 1.55. The first kappa shape index (κ1) is 15.9. The molecular weight excluding hydrogens is 363 g/mol. The molecule has 0 saturated carbocycles. The largest absolute Gasteiger partial charge is 0.324 e. The number of aromatic amines is 1. The zero-order valence-electron chi connectivity index (χ0n) is 14.2. The lowest BCUT2D eigenvalue weighted by Crippen LogP contribution is -2.01. The number of nitrogens with zero attached hydrogens (tertiary/aromatic N) is 8. The van der Waals surface area contributed by atoms with Crippen molar-refractivity contribution in [2.75, 3.05) is 5.32 Å². The van der Waals surface area contributed by atoms with Gasteiger partial charge in [-0.05, 0) is 35.5 Å². The Morgan fingerprint density at radius 3 is 2.82 bits per heavy atom. The summed E-state index contributed by atoms with van der Waals surface area (Å²) >= 11 is 0. The Balaban J connectivity index is 1.50. The lowest BCUT2D eigenvalue weighted by atomic mass is 10.2. The molecule has 5 rings (SSSR count). The van der Waals surface area contributed by atoms with Crippen molar-refractivity contribution in [1.82, 2.24) is 45.6 Å². The normalized spacial score (nSPS) is 11.0. The van der Waals surface area contributed by atoms with E-state index in [9.17, 15) is 4.39 Å². The molecule has 10 nitrogen and oxygen atoms in total. The van der Waals surface area contributed by atoms with Crippen molar-refractivity contribution in [2.45, 2.75) is 0 Å². The maximum atomic E-state index is 13.6. The smallest absolute Gasteiger partial charge is 0.229 e. The van der Waals surface area contributed by atoms with Crippen molar-refractivity contribution < 1.29 is 4.39 Å². The highest BCUT2D eigenvalue weighted by atomic mass is 19.1. The Morgan fingerprint density at radius 1 is 1.04 bits per heavy atom. The molecule has 3 heterocycles. The molecule has 5 aromatic rings. The third-order valence-corrected chi connectivity index (χ3v) is 3.97. The number of anilines is 2. The molecule has 0 atom stereocenters. The van der Waals surface area contributed by atoms with Crippen molar-refractivity contribution in [2.24, 2.45) is 0 Å². The Hall–Kier alpha value is -4.28. The Morgan fingerprint density at radius 2 is 1.96 bits per heavy atom. The summed E-state index contributed by atoms with van der Waals surface area (Å²) in [5, 5.41) is 25.1. The van der Waals surface area contributed by atoms with E-state index in [4.69, 9.17) is 0 Å². The highest BCUT2D eigenvalue weighted by Crippen LogP contribution is 2.22. The molecule has 3 aromatic heterocycles. The van der Waals surface area contributed by atoms with Crippen LogP contribution in [-0.4, -0.2) is 45.6 Å². The molecule has 2 N–H and O–H groups in total. The van der Waals surface area contributed by atoms with Gasteiger partial charge in [-0.2, -0.15) is 14.9 Å². The minimum atomic E-state index is -0.369. The van der Waals surface area contributed by atoms with Gasteiger partial charge in [0.25, 0.3) is 0 Å². The van der Waals surface area contributed by atoms with Crippen molar-refractivity contribution in [3.63, 3.8) is 0 Å². The molecule has 0 aliphatic rings. The Bertz CT molecular complexity index is 1260. The van der Waals surface area contributed by atoms with Gasteiger partial charge in [0, 0.05) is 11.3 Å². The molecule has 0 spiro atoms. The van der Waals surface area contributed by atoms with Gasteiger partial charge in [-0.15, -0.1) is 15.3 Å². The van der Waals surface area contributed by atoms with E-state index in [-0.39, 0.29) is 5.82 Å². The van der Waals surface area contributed by atoms with Crippen LogP contribution in [0.5, 0.6) is 0 Å². The maximum absolute atomic E-state index is 13.6. The minimum absolute atomic E-state index is 0.345. The molecule has 0 aliphatic carbocycles. The van der Waals surface area contributed by atoms with Gasteiger partial charge in [-0.25, -0.2) is 9.37 Å². The molecule has 2 aromatic carbocycles. The lowest BCUT2D eigenvalue weighted by molar-refractivity contribution is 0.625.